The first-order chi connectivity index (χ1) is 13.6. The molecule has 2 heterocycles. The summed E-state index contributed by atoms with van der Waals surface area (Å²) in [5, 5.41) is 4.13. The van der Waals surface area contributed by atoms with Gasteiger partial charge in [0.15, 0.2) is 0 Å². The van der Waals surface area contributed by atoms with Crippen LogP contribution in [0.1, 0.15) is 36.2 Å². The van der Waals surface area contributed by atoms with Gasteiger partial charge >= 0.3 is 0 Å². The van der Waals surface area contributed by atoms with Crippen molar-refractivity contribution in [2.24, 2.45) is 0 Å². The second-order valence-corrected chi connectivity index (χ2v) is 7.26. The molecule has 1 atom stereocenters. The van der Waals surface area contributed by atoms with Crippen molar-refractivity contribution in [3.05, 3.63) is 59.7 Å². The van der Waals surface area contributed by atoms with E-state index in [-0.39, 0.29) is 11.9 Å². The first kappa shape index (κ1) is 18.3. The van der Waals surface area contributed by atoms with Gasteiger partial charge in [-0.3, -0.25) is 4.79 Å². The third kappa shape index (κ3) is 3.40. The van der Waals surface area contributed by atoms with E-state index in [2.05, 4.69) is 29.3 Å². The van der Waals surface area contributed by atoms with Crippen molar-refractivity contribution < 1.29 is 9.53 Å². The van der Waals surface area contributed by atoms with Crippen molar-refractivity contribution in [1.82, 2.24) is 10.3 Å². The fraction of sp³-hybridized carbons (Fsp3) is 0.304. The number of hydrogen-bond donors (Lipinski definition) is 1. The van der Waals surface area contributed by atoms with E-state index in [4.69, 9.17) is 9.72 Å². The van der Waals surface area contributed by atoms with Gasteiger partial charge in [-0.2, -0.15) is 0 Å². The van der Waals surface area contributed by atoms with Crippen LogP contribution in [-0.2, 0) is 6.42 Å². The summed E-state index contributed by atoms with van der Waals surface area (Å²) in [6, 6.07) is 16.1. The van der Waals surface area contributed by atoms with Gasteiger partial charge in [0.1, 0.15) is 11.6 Å². The molecule has 1 N–H and O–H groups in total. The summed E-state index contributed by atoms with van der Waals surface area (Å²) in [7, 11) is 1.67. The normalized spacial score (nSPS) is 14.0. The molecule has 5 nitrogen and oxygen atoms in total. The standard InChI is InChI=1S/C23H25N3O2/c1-4-15(2)24-23(27)16-5-8-19(9-6-16)26-12-11-18-13-17-7-10-20(28-3)14-21(17)25-22(18)26/h5-10,13-15H,4,11-12H2,1-3H3,(H,24,27). The van der Waals surface area contributed by atoms with Gasteiger partial charge in [-0.1, -0.05) is 6.92 Å². The average molecular weight is 375 g/mol. The number of benzene rings is 2. The number of nitrogens with zero attached hydrogens (tertiary/aromatic N) is 2. The largest absolute Gasteiger partial charge is 0.497 e. The van der Waals surface area contributed by atoms with Gasteiger partial charge in [0.05, 0.1) is 12.6 Å². The number of fused-ring (bicyclic) bond motifs is 2. The maximum Gasteiger partial charge on any atom is 0.251 e. The molecule has 1 aromatic heterocycles. The predicted octanol–water partition coefficient (Wildman–Crippen LogP) is 4.47. The SMILES string of the molecule is CCC(C)NC(=O)c1ccc(N2CCc3cc4ccc(OC)cc4nc32)cc1. The quantitative estimate of drug-likeness (QED) is 0.715. The third-order valence-electron chi connectivity index (χ3n) is 5.37. The van der Waals surface area contributed by atoms with Gasteiger partial charge in [0.2, 0.25) is 0 Å². The molecule has 28 heavy (non-hydrogen) atoms. The van der Waals surface area contributed by atoms with Crippen LogP contribution in [0, 0.1) is 0 Å². The summed E-state index contributed by atoms with van der Waals surface area (Å²) in [5.41, 5.74) is 3.90. The summed E-state index contributed by atoms with van der Waals surface area (Å²) in [6.07, 6.45) is 1.87. The third-order valence-corrected chi connectivity index (χ3v) is 5.37. The number of hydrogen-bond acceptors (Lipinski definition) is 4. The molecule has 1 amide bonds. The number of nitrogens with one attached hydrogen (secondary N) is 1. The molecule has 0 saturated carbocycles. The summed E-state index contributed by atoms with van der Waals surface area (Å²) in [4.78, 5) is 19.4. The highest BCUT2D eigenvalue weighted by Gasteiger charge is 2.23. The van der Waals surface area contributed by atoms with Crippen LogP contribution in [0.5, 0.6) is 5.75 Å². The minimum atomic E-state index is -0.0288. The first-order valence-electron chi connectivity index (χ1n) is 9.75. The highest BCUT2D eigenvalue weighted by Crippen LogP contribution is 2.35. The molecule has 1 aliphatic heterocycles. The molecule has 4 rings (SSSR count). The van der Waals surface area contributed by atoms with E-state index in [1.54, 1.807) is 7.11 Å². The average Bonchev–Trinajstić information content (AvgIpc) is 3.14. The molecular formula is C23H25N3O2. The molecule has 144 valence electrons. The van der Waals surface area contributed by atoms with Crippen molar-refractivity contribution in [3.8, 4) is 5.75 Å². The number of carbonyl (C=O) groups excluding carboxylic acids is 1. The smallest absolute Gasteiger partial charge is 0.251 e. The summed E-state index contributed by atoms with van der Waals surface area (Å²) in [5.74, 6) is 1.76. The zero-order chi connectivity index (χ0) is 19.7. The molecule has 0 radical (unpaired) electrons. The van der Waals surface area contributed by atoms with Crippen molar-refractivity contribution in [3.63, 3.8) is 0 Å². The van der Waals surface area contributed by atoms with Gasteiger partial charge in [-0.15, -0.1) is 0 Å². The first-order valence-corrected chi connectivity index (χ1v) is 9.75. The summed E-state index contributed by atoms with van der Waals surface area (Å²) >= 11 is 0. The van der Waals surface area contributed by atoms with Crippen LogP contribution in [-0.4, -0.2) is 30.6 Å². The monoisotopic (exact) mass is 375 g/mol. The van der Waals surface area contributed by atoms with Crippen molar-refractivity contribution in [1.29, 1.82) is 0 Å². The summed E-state index contributed by atoms with van der Waals surface area (Å²) in [6.45, 7) is 4.96. The van der Waals surface area contributed by atoms with Crippen LogP contribution in [0.3, 0.4) is 0 Å². The Hall–Kier alpha value is -3.08. The maximum absolute atomic E-state index is 12.3. The van der Waals surface area contributed by atoms with Crippen LogP contribution in [0.4, 0.5) is 11.5 Å². The minimum absolute atomic E-state index is 0.0288. The number of carbonyl (C=O) groups is 1. The molecule has 0 bridgehead atoms. The van der Waals surface area contributed by atoms with Crippen molar-refractivity contribution >= 4 is 28.3 Å². The van der Waals surface area contributed by atoms with Crippen LogP contribution < -0.4 is 15.0 Å². The molecule has 0 saturated heterocycles. The predicted molar refractivity (Wildman–Crippen MR) is 113 cm³/mol. The van der Waals surface area contributed by atoms with Crippen molar-refractivity contribution in [2.45, 2.75) is 32.7 Å². The second-order valence-electron chi connectivity index (χ2n) is 7.26. The van der Waals surface area contributed by atoms with E-state index in [0.717, 1.165) is 47.5 Å². The van der Waals surface area contributed by atoms with E-state index in [1.807, 2.05) is 43.3 Å². The Morgan fingerprint density at radius 2 is 2.00 bits per heavy atom. The van der Waals surface area contributed by atoms with Crippen LogP contribution in [0.2, 0.25) is 0 Å². The Morgan fingerprint density at radius 3 is 2.71 bits per heavy atom. The Morgan fingerprint density at radius 1 is 1.21 bits per heavy atom. The molecule has 1 unspecified atom stereocenters. The maximum atomic E-state index is 12.3. The molecule has 1 aliphatic rings. The number of methoxy groups -OCH3 is 1. The van der Waals surface area contributed by atoms with Crippen molar-refractivity contribution in [2.75, 3.05) is 18.6 Å². The Balaban J connectivity index is 1.61. The molecule has 0 aliphatic carbocycles. The fourth-order valence-electron chi connectivity index (χ4n) is 3.52. The molecule has 0 spiro atoms. The number of pyridine rings is 1. The second kappa shape index (κ2) is 7.50. The lowest BCUT2D eigenvalue weighted by Crippen LogP contribution is -2.31. The van der Waals surface area contributed by atoms with Gasteiger partial charge in [-0.05, 0) is 67.8 Å². The fourth-order valence-corrected chi connectivity index (χ4v) is 3.52. The molecule has 2 aromatic carbocycles. The van der Waals surface area contributed by atoms with E-state index in [9.17, 15) is 4.79 Å². The topological polar surface area (TPSA) is 54.5 Å². The van der Waals surface area contributed by atoms with E-state index in [0.29, 0.717) is 5.56 Å². The Kier molecular flexibility index (Phi) is 4.90. The van der Waals surface area contributed by atoms with E-state index >= 15 is 0 Å². The van der Waals surface area contributed by atoms with E-state index < -0.39 is 0 Å². The molecule has 0 fully saturated rings. The number of aromatic nitrogens is 1. The molecule has 5 heteroatoms. The highest BCUT2D eigenvalue weighted by molar-refractivity contribution is 5.95. The lowest BCUT2D eigenvalue weighted by molar-refractivity contribution is 0.0939. The number of anilines is 2. The van der Waals surface area contributed by atoms with Crippen LogP contribution >= 0.6 is 0 Å². The zero-order valence-electron chi connectivity index (χ0n) is 16.5. The van der Waals surface area contributed by atoms with Gasteiger partial charge in [-0.25, -0.2) is 4.98 Å². The number of ether oxygens (including phenoxy) is 1. The number of rotatable bonds is 5. The van der Waals surface area contributed by atoms with Gasteiger partial charge < -0.3 is 15.0 Å². The lowest BCUT2D eigenvalue weighted by Gasteiger charge is -2.19. The minimum Gasteiger partial charge on any atom is -0.497 e. The van der Waals surface area contributed by atoms with Crippen LogP contribution in [0.25, 0.3) is 10.9 Å². The van der Waals surface area contributed by atoms with Gasteiger partial charge in [0.25, 0.3) is 5.91 Å². The zero-order valence-corrected chi connectivity index (χ0v) is 16.5. The lowest BCUT2D eigenvalue weighted by atomic mass is 10.1. The van der Waals surface area contributed by atoms with Gasteiger partial charge in [0, 0.05) is 35.3 Å². The van der Waals surface area contributed by atoms with Crippen LogP contribution in [0.15, 0.2) is 48.5 Å². The molecule has 3 aromatic rings. The number of amides is 1. The summed E-state index contributed by atoms with van der Waals surface area (Å²) < 4.78 is 5.33. The molecular weight excluding hydrogens is 350 g/mol. The Bertz CT molecular complexity index is 1010. The van der Waals surface area contributed by atoms with E-state index in [1.165, 1.54) is 5.56 Å². The Labute approximate surface area is 165 Å². The highest BCUT2D eigenvalue weighted by atomic mass is 16.5.